The lowest BCUT2D eigenvalue weighted by Gasteiger charge is -2.26. The number of hydrogen-bond donors (Lipinski definition) is 1. The van der Waals surface area contributed by atoms with Gasteiger partial charge in [0.05, 0.1) is 16.2 Å². The number of carbonyl (C=O) groups is 1. The molecule has 8 nitrogen and oxygen atoms in total. The molecule has 2 aliphatic rings. The zero-order valence-corrected chi connectivity index (χ0v) is 20.2. The Kier molecular flexibility index (Phi) is 5.54. The van der Waals surface area contributed by atoms with Crippen LogP contribution in [0.25, 0.3) is 22.7 Å². The van der Waals surface area contributed by atoms with Crippen LogP contribution in [0.4, 0.5) is 5.69 Å². The maximum Gasteiger partial charge on any atom is 0.283 e. The van der Waals surface area contributed by atoms with Crippen LogP contribution in [0.15, 0.2) is 101 Å². The van der Waals surface area contributed by atoms with E-state index in [1.165, 1.54) is 23.9 Å². The zero-order chi connectivity index (χ0) is 25.5. The number of hydrogen-bond acceptors (Lipinski definition) is 5. The fraction of sp³-hybridized carbons (Fsp3) is 0.0357. The predicted octanol–water partition coefficient (Wildman–Crippen LogP) is 5.90. The van der Waals surface area contributed by atoms with E-state index >= 15 is 0 Å². The van der Waals surface area contributed by atoms with Gasteiger partial charge in [0.2, 0.25) is 0 Å². The SMILES string of the molecule is N=C1/C(=C/c2cn(Cc3ccc([N+](=O)[O-])cc3)c3ccccc23)C(=O)N=C2SC=C(c3ccccc3)N12. The summed E-state index contributed by atoms with van der Waals surface area (Å²) in [6, 6.07) is 24.0. The average Bonchev–Trinajstić information content (AvgIpc) is 3.49. The number of amidine groups is 2. The highest BCUT2D eigenvalue weighted by atomic mass is 32.2. The van der Waals surface area contributed by atoms with Gasteiger partial charge in [-0.05, 0) is 23.3 Å². The number of non-ortho nitro benzene ring substituents is 1. The van der Waals surface area contributed by atoms with Crippen molar-refractivity contribution >= 4 is 57.0 Å². The van der Waals surface area contributed by atoms with Gasteiger partial charge in [0.1, 0.15) is 5.84 Å². The highest BCUT2D eigenvalue weighted by Gasteiger charge is 2.36. The molecule has 0 saturated carbocycles. The first-order valence-corrected chi connectivity index (χ1v) is 12.3. The largest absolute Gasteiger partial charge is 0.342 e. The summed E-state index contributed by atoms with van der Waals surface area (Å²) in [5.74, 6) is -0.360. The smallest absolute Gasteiger partial charge is 0.283 e. The number of nitro groups is 1. The van der Waals surface area contributed by atoms with E-state index in [1.807, 2.05) is 70.8 Å². The van der Waals surface area contributed by atoms with Crippen LogP contribution in [-0.2, 0) is 11.3 Å². The Morgan fingerprint density at radius 3 is 2.49 bits per heavy atom. The minimum atomic E-state index is -0.446. The van der Waals surface area contributed by atoms with Crippen molar-refractivity contribution in [2.24, 2.45) is 4.99 Å². The van der Waals surface area contributed by atoms with E-state index in [1.54, 1.807) is 23.1 Å². The Hall–Kier alpha value is -4.76. The minimum absolute atomic E-state index is 0.0461. The number of benzene rings is 3. The summed E-state index contributed by atoms with van der Waals surface area (Å²) >= 11 is 1.33. The summed E-state index contributed by atoms with van der Waals surface area (Å²) in [6.07, 6.45) is 3.66. The molecule has 6 rings (SSSR count). The van der Waals surface area contributed by atoms with E-state index in [-0.39, 0.29) is 17.1 Å². The molecule has 3 aromatic carbocycles. The van der Waals surface area contributed by atoms with Gasteiger partial charge in [-0.15, -0.1) is 0 Å². The number of aromatic nitrogens is 1. The van der Waals surface area contributed by atoms with Crippen molar-refractivity contribution in [1.29, 1.82) is 5.41 Å². The van der Waals surface area contributed by atoms with Crippen molar-refractivity contribution < 1.29 is 9.72 Å². The molecule has 9 heteroatoms. The molecular formula is C28H19N5O3S. The molecule has 0 unspecified atom stereocenters. The number of fused-ring (bicyclic) bond motifs is 2. The zero-order valence-electron chi connectivity index (χ0n) is 19.4. The van der Waals surface area contributed by atoms with Crippen LogP contribution in [-0.4, -0.2) is 31.3 Å². The normalized spacial score (nSPS) is 16.2. The molecule has 0 bridgehead atoms. The number of thioether (sulfide) groups is 1. The maximum absolute atomic E-state index is 13.0. The van der Waals surface area contributed by atoms with Crippen LogP contribution < -0.4 is 0 Å². The summed E-state index contributed by atoms with van der Waals surface area (Å²) in [5, 5.41) is 23.2. The van der Waals surface area contributed by atoms with E-state index in [0.29, 0.717) is 11.7 Å². The molecule has 1 aromatic heterocycles. The van der Waals surface area contributed by atoms with Gasteiger partial charge in [0.15, 0.2) is 5.17 Å². The maximum atomic E-state index is 13.0. The number of carbonyl (C=O) groups excluding carboxylic acids is 1. The van der Waals surface area contributed by atoms with Crippen LogP contribution in [0.5, 0.6) is 0 Å². The lowest BCUT2D eigenvalue weighted by Crippen LogP contribution is -2.37. The summed E-state index contributed by atoms with van der Waals surface area (Å²) in [4.78, 5) is 29.6. The summed E-state index contributed by atoms with van der Waals surface area (Å²) in [7, 11) is 0. The second kappa shape index (κ2) is 9.03. The fourth-order valence-electron chi connectivity index (χ4n) is 4.51. The summed E-state index contributed by atoms with van der Waals surface area (Å²) in [6.45, 7) is 0.499. The Morgan fingerprint density at radius 1 is 1.00 bits per heavy atom. The van der Waals surface area contributed by atoms with E-state index < -0.39 is 10.8 Å². The van der Waals surface area contributed by atoms with Crippen molar-refractivity contribution in [3.8, 4) is 0 Å². The van der Waals surface area contributed by atoms with E-state index in [4.69, 9.17) is 5.41 Å². The van der Waals surface area contributed by atoms with E-state index in [2.05, 4.69) is 4.99 Å². The molecule has 2 aliphatic heterocycles. The monoisotopic (exact) mass is 505 g/mol. The van der Waals surface area contributed by atoms with Gasteiger partial charge in [0, 0.05) is 46.7 Å². The summed E-state index contributed by atoms with van der Waals surface area (Å²) < 4.78 is 2.04. The first kappa shape index (κ1) is 22.7. The van der Waals surface area contributed by atoms with Crippen LogP contribution >= 0.6 is 11.8 Å². The highest BCUT2D eigenvalue weighted by Crippen LogP contribution is 2.37. The van der Waals surface area contributed by atoms with Crippen LogP contribution in [0, 0.1) is 15.5 Å². The van der Waals surface area contributed by atoms with Crippen molar-refractivity contribution in [1.82, 2.24) is 9.47 Å². The van der Waals surface area contributed by atoms with Crippen molar-refractivity contribution in [2.75, 3.05) is 0 Å². The highest BCUT2D eigenvalue weighted by molar-refractivity contribution is 8.17. The third-order valence-electron chi connectivity index (χ3n) is 6.30. The van der Waals surface area contributed by atoms with Gasteiger partial charge >= 0.3 is 0 Å². The van der Waals surface area contributed by atoms with Gasteiger partial charge in [-0.2, -0.15) is 4.99 Å². The molecule has 0 fully saturated rings. The number of aliphatic imine (C=N–C) groups is 1. The lowest BCUT2D eigenvalue weighted by molar-refractivity contribution is -0.384. The Labute approximate surface area is 215 Å². The van der Waals surface area contributed by atoms with Crippen LogP contribution in [0.2, 0.25) is 0 Å². The van der Waals surface area contributed by atoms with Gasteiger partial charge in [-0.3, -0.25) is 25.2 Å². The van der Waals surface area contributed by atoms with Crippen LogP contribution in [0.3, 0.4) is 0 Å². The summed E-state index contributed by atoms with van der Waals surface area (Å²) in [5.41, 5.74) is 4.67. The first-order chi connectivity index (χ1) is 18.0. The molecule has 3 heterocycles. The molecule has 37 heavy (non-hydrogen) atoms. The molecule has 0 spiro atoms. The second-order valence-corrected chi connectivity index (χ2v) is 9.42. The lowest BCUT2D eigenvalue weighted by atomic mass is 10.1. The van der Waals surface area contributed by atoms with Gasteiger partial charge in [-0.1, -0.05) is 72.4 Å². The standard InChI is InChI=1S/C28H19N5O3S/c29-26-23(27(34)30-28-32(26)25(17-37-28)19-6-2-1-3-7-19)14-20-16-31(24-9-5-4-8-22(20)24)15-18-10-12-21(13-11-18)33(35)36/h1-14,16-17,29H,15H2/b23-14-,29-26?. The Bertz CT molecular complexity index is 1680. The quantitative estimate of drug-likeness (QED) is 0.206. The molecular weight excluding hydrogens is 486 g/mol. The molecule has 0 saturated heterocycles. The number of nitro benzene ring substituents is 1. The van der Waals surface area contributed by atoms with Gasteiger partial charge < -0.3 is 4.57 Å². The Balaban J connectivity index is 1.38. The molecule has 0 atom stereocenters. The predicted molar refractivity (Wildman–Crippen MR) is 146 cm³/mol. The Morgan fingerprint density at radius 2 is 1.73 bits per heavy atom. The van der Waals surface area contributed by atoms with Crippen LogP contribution in [0.1, 0.15) is 16.7 Å². The molecule has 180 valence electrons. The molecule has 0 radical (unpaired) electrons. The van der Waals surface area contributed by atoms with E-state index in [9.17, 15) is 14.9 Å². The van der Waals surface area contributed by atoms with Gasteiger partial charge in [-0.25, -0.2) is 0 Å². The minimum Gasteiger partial charge on any atom is -0.342 e. The first-order valence-electron chi connectivity index (χ1n) is 11.5. The van der Waals surface area contributed by atoms with Crippen molar-refractivity contribution in [3.63, 3.8) is 0 Å². The van der Waals surface area contributed by atoms with E-state index in [0.717, 1.165) is 33.3 Å². The number of nitrogens with one attached hydrogen (secondary N) is 1. The number of rotatable bonds is 5. The topological polar surface area (TPSA) is 105 Å². The molecule has 1 N–H and O–H groups in total. The molecule has 4 aromatic rings. The number of para-hydroxylation sites is 1. The molecule has 0 aliphatic carbocycles. The second-order valence-electron chi connectivity index (χ2n) is 8.58. The van der Waals surface area contributed by atoms with Crippen molar-refractivity contribution in [2.45, 2.75) is 6.54 Å². The third-order valence-corrected chi connectivity index (χ3v) is 7.13. The fourth-order valence-corrected chi connectivity index (χ4v) is 5.40. The third kappa shape index (κ3) is 4.05. The number of amides is 1. The van der Waals surface area contributed by atoms with Crippen molar-refractivity contribution in [3.05, 3.63) is 123 Å². The van der Waals surface area contributed by atoms with Gasteiger partial charge in [0.25, 0.3) is 11.6 Å². The molecule has 1 amide bonds. The average molecular weight is 506 g/mol. The number of nitrogens with zero attached hydrogens (tertiary/aromatic N) is 4.